The molecule has 2 heterocycles. The normalized spacial score (nSPS) is 13.3. The van der Waals surface area contributed by atoms with Gasteiger partial charge in [-0.25, -0.2) is 4.98 Å². The van der Waals surface area contributed by atoms with Gasteiger partial charge in [-0.2, -0.15) is 0 Å². The first kappa shape index (κ1) is 14.6. The van der Waals surface area contributed by atoms with Crippen LogP contribution >= 0.6 is 11.6 Å². The van der Waals surface area contributed by atoms with Crippen molar-refractivity contribution in [3.8, 4) is 11.5 Å². The van der Waals surface area contributed by atoms with Crippen LogP contribution in [0, 0.1) is 0 Å². The summed E-state index contributed by atoms with van der Waals surface area (Å²) in [6.07, 6.45) is 5.21. The first-order valence-electron chi connectivity index (χ1n) is 6.86. The van der Waals surface area contributed by atoms with Crippen molar-refractivity contribution in [2.75, 3.05) is 13.2 Å². The van der Waals surface area contributed by atoms with Gasteiger partial charge in [-0.1, -0.05) is 11.6 Å². The van der Waals surface area contributed by atoms with Crippen LogP contribution in [-0.4, -0.2) is 29.1 Å². The maximum absolute atomic E-state index is 11.9. The van der Waals surface area contributed by atoms with Gasteiger partial charge >= 0.3 is 0 Å². The maximum Gasteiger partial charge on any atom is 0.271 e. The number of hydrogen-bond acceptors (Lipinski definition) is 5. The number of benzene rings is 1. The van der Waals surface area contributed by atoms with E-state index < -0.39 is 0 Å². The summed E-state index contributed by atoms with van der Waals surface area (Å²) in [5.74, 6) is 0.869. The monoisotopic (exact) mass is 319 g/mol. The molecule has 0 atom stereocenters. The second-order valence-corrected chi connectivity index (χ2v) is 5.14. The molecular weight excluding hydrogens is 306 g/mol. The molecule has 7 heteroatoms. The molecule has 0 aliphatic carbocycles. The number of aromatic nitrogens is 2. The second-order valence-electron chi connectivity index (χ2n) is 4.73. The van der Waals surface area contributed by atoms with Crippen molar-refractivity contribution in [2.24, 2.45) is 0 Å². The predicted molar refractivity (Wildman–Crippen MR) is 80.3 cm³/mol. The highest BCUT2D eigenvalue weighted by Gasteiger charge is 2.16. The molecule has 1 N–H and O–H groups in total. The molecule has 0 bridgehead atoms. The van der Waals surface area contributed by atoms with Gasteiger partial charge in [0, 0.05) is 25.4 Å². The zero-order valence-electron chi connectivity index (χ0n) is 11.7. The third-order valence-corrected chi connectivity index (χ3v) is 3.39. The number of fused-ring (bicyclic) bond motifs is 1. The van der Waals surface area contributed by atoms with Crippen LogP contribution in [0.15, 0.2) is 30.7 Å². The number of hydrogen-bond donors (Lipinski definition) is 1. The van der Waals surface area contributed by atoms with E-state index in [0.29, 0.717) is 36.3 Å². The summed E-state index contributed by atoms with van der Waals surface area (Å²) >= 11 is 6.21. The molecule has 1 aromatic carbocycles. The Morgan fingerprint density at radius 3 is 2.95 bits per heavy atom. The molecule has 6 nitrogen and oxygen atoms in total. The number of halogens is 1. The Labute approximate surface area is 132 Å². The highest BCUT2D eigenvalue weighted by molar-refractivity contribution is 6.32. The van der Waals surface area contributed by atoms with E-state index in [1.54, 1.807) is 6.07 Å². The molecule has 0 fully saturated rings. The lowest BCUT2D eigenvalue weighted by Gasteiger charge is -2.12. The smallest absolute Gasteiger partial charge is 0.271 e. The van der Waals surface area contributed by atoms with Crippen LogP contribution in [-0.2, 0) is 6.54 Å². The van der Waals surface area contributed by atoms with Crippen molar-refractivity contribution < 1.29 is 14.3 Å². The summed E-state index contributed by atoms with van der Waals surface area (Å²) < 4.78 is 11.2. The lowest BCUT2D eigenvalue weighted by molar-refractivity contribution is 0.0945. The largest absolute Gasteiger partial charge is 0.489 e. The Bertz CT molecular complexity index is 679. The topological polar surface area (TPSA) is 73.3 Å². The SMILES string of the molecule is O=C(NCc1cc(Cl)c2c(c1)OCCCO2)c1cnccn1. The van der Waals surface area contributed by atoms with E-state index in [4.69, 9.17) is 21.1 Å². The molecular formula is C15H14ClN3O3. The molecule has 114 valence electrons. The molecule has 0 saturated carbocycles. The standard InChI is InChI=1S/C15H14ClN3O3/c16-11-6-10(7-13-14(11)22-5-1-4-21-13)8-19-15(20)12-9-17-2-3-18-12/h2-3,6-7,9H,1,4-5,8H2,(H,19,20). The fourth-order valence-corrected chi connectivity index (χ4v) is 2.36. The molecule has 1 aromatic heterocycles. The summed E-state index contributed by atoms with van der Waals surface area (Å²) in [6, 6.07) is 3.58. The van der Waals surface area contributed by atoms with Crippen molar-refractivity contribution in [1.82, 2.24) is 15.3 Å². The number of nitrogens with one attached hydrogen (secondary N) is 1. The number of nitrogens with zero attached hydrogens (tertiary/aromatic N) is 2. The fraction of sp³-hybridized carbons (Fsp3) is 0.267. The van der Waals surface area contributed by atoms with E-state index in [-0.39, 0.29) is 11.6 Å². The average molecular weight is 320 g/mol. The molecule has 0 saturated heterocycles. The van der Waals surface area contributed by atoms with Gasteiger partial charge in [-0.15, -0.1) is 0 Å². The lowest BCUT2D eigenvalue weighted by atomic mass is 10.2. The predicted octanol–water partition coefficient (Wildman–Crippen LogP) is 2.22. The van der Waals surface area contributed by atoms with Crippen LogP contribution in [0.5, 0.6) is 11.5 Å². The Morgan fingerprint density at radius 1 is 1.27 bits per heavy atom. The van der Waals surface area contributed by atoms with Crippen LogP contribution in [0.1, 0.15) is 22.5 Å². The number of ether oxygens (including phenoxy) is 2. The number of carbonyl (C=O) groups is 1. The van der Waals surface area contributed by atoms with E-state index >= 15 is 0 Å². The summed E-state index contributed by atoms with van der Waals surface area (Å²) in [4.78, 5) is 19.8. The van der Waals surface area contributed by atoms with Gasteiger partial charge in [0.25, 0.3) is 5.91 Å². The van der Waals surface area contributed by atoms with Gasteiger partial charge in [-0.3, -0.25) is 9.78 Å². The quantitative estimate of drug-likeness (QED) is 0.939. The number of rotatable bonds is 3. The van der Waals surface area contributed by atoms with Crippen molar-refractivity contribution in [3.05, 3.63) is 47.0 Å². The minimum absolute atomic E-state index is 0.267. The van der Waals surface area contributed by atoms with E-state index in [1.165, 1.54) is 18.6 Å². The van der Waals surface area contributed by atoms with E-state index in [9.17, 15) is 4.79 Å². The Hall–Kier alpha value is -2.34. The molecule has 1 aliphatic heterocycles. The van der Waals surface area contributed by atoms with Gasteiger partial charge in [0.2, 0.25) is 0 Å². The van der Waals surface area contributed by atoms with Crippen LogP contribution in [0.4, 0.5) is 0 Å². The van der Waals surface area contributed by atoms with Gasteiger partial charge in [0.1, 0.15) is 5.69 Å². The Balaban J connectivity index is 1.72. The molecule has 0 radical (unpaired) electrons. The van der Waals surface area contributed by atoms with Crippen LogP contribution < -0.4 is 14.8 Å². The summed E-state index contributed by atoms with van der Waals surface area (Å²) in [6.45, 7) is 1.47. The van der Waals surface area contributed by atoms with Gasteiger partial charge in [0.15, 0.2) is 11.5 Å². The third kappa shape index (κ3) is 3.28. The molecule has 1 aliphatic rings. The second kappa shape index (κ2) is 6.62. The average Bonchev–Trinajstić information content (AvgIpc) is 2.79. The number of carbonyl (C=O) groups excluding carboxylic acids is 1. The first-order chi connectivity index (χ1) is 10.7. The third-order valence-electron chi connectivity index (χ3n) is 3.11. The molecule has 22 heavy (non-hydrogen) atoms. The van der Waals surface area contributed by atoms with Crippen molar-refractivity contribution in [3.63, 3.8) is 0 Å². The minimum Gasteiger partial charge on any atom is -0.489 e. The summed E-state index contributed by atoms with van der Waals surface area (Å²) in [7, 11) is 0. The minimum atomic E-state index is -0.295. The van der Waals surface area contributed by atoms with E-state index in [0.717, 1.165) is 12.0 Å². The Kier molecular flexibility index (Phi) is 4.39. The molecule has 3 rings (SSSR count). The molecule has 0 unspecified atom stereocenters. The van der Waals surface area contributed by atoms with Crippen molar-refractivity contribution in [1.29, 1.82) is 0 Å². The fourth-order valence-electron chi connectivity index (χ4n) is 2.08. The first-order valence-corrected chi connectivity index (χ1v) is 7.24. The zero-order valence-corrected chi connectivity index (χ0v) is 12.5. The Morgan fingerprint density at radius 2 is 2.14 bits per heavy atom. The van der Waals surface area contributed by atoms with Crippen molar-refractivity contribution in [2.45, 2.75) is 13.0 Å². The van der Waals surface area contributed by atoms with Gasteiger partial charge in [0.05, 0.1) is 24.4 Å². The maximum atomic E-state index is 11.9. The highest BCUT2D eigenvalue weighted by Crippen LogP contribution is 2.37. The van der Waals surface area contributed by atoms with E-state index in [1.807, 2.05) is 6.07 Å². The van der Waals surface area contributed by atoms with Crippen LogP contribution in [0.3, 0.4) is 0 Å². The highest BCUT2D eigenvalue weighted by atomic mass is 35.5. The molecule has 2 aromatic rings. The molecule has 1 amide bonds. The molecule has 0 spiro atoms. The number of amides is 1. The summed E-state index contributed by atoms with van der Waals surface area (Å²) in [5.41, 5.74) is 1.09. The van der Waals surface area contributed by atoms with Gasteiger partial charge < -0.3 is 14.8 Å². The van der Waals surface area contributed by atoms with Crippen molar-refractivity contribution >= 4 is 17.5 Å². The summed E-state index contributed by atoms with van der Waals surface area (Å²) in [5, 5.41) is 3.24. The lowest BCUT2D eigenvalue weighted by Crippen LogP contribution is -2.23. The van der Waals surface area contributed by atoms with Crippen LogP contribution in [0.25, 0.3) is 0 Å². The van der Waals surface area contributed by atoms with Crippen LogP contribution in [0.2, 0.25) is 5.02 Å². The zero-order chi connectivity index (χ0) is 15.4. The van der Waals surface area contributed by atoms with E-state index in [2.05, 4.69) is 15.3 Å². The van der Waals surface area contributed by atoms with Gasteiger partial charge in [-0.05, 0) is 17.7 Å².